The Balaban J connectivity index is 2.52. The van der Waals surface area contributed by atoms with E-state index in [-0.39, 0.29) is 12.7 Å². The number of amides is 1. The smallest absolute Gasteiger partial charge is 0.410 e. The van der Waals surface area contributed by atoms with Crippen molar-refractivity contribution in [2.24, 2.45) is 0 Å². The molecule has 114 valence electrons. The van der Waals surface area contributed by atoms with E-state index >= 15 is 0 Å². The number of allylic oxidation sites excluding steroid dienone is 3. The van der Waals surface area contributed by atoms with E-state index in [4.69, 9.17) is 9.84 Å². The van der Waals surface area contributed by atoms with Gasteiger partial charge < -0.3 is 14.7 Å². The Bertz CT molecular complexity index is 366. The molecule has 0 atom stereocenters. The lowest BCUT2D eigenvalue weighted by Gasteiger charge is -2.27. The first kappa shape index (κ1) is 16.8. The number of carbonyl (C=O) groups excluding carboxylic acids is 1. The molecule has 0 saturated carbocycles. The molecule has 4 nitrogen and oxygen atoms in total. The van der Waals surface area contributed by atoms with E-state index in [1.54, 1.807) is 4.90 Å². The molecule has 1 rings (SSSR count). The average molecular weight is 281 g/mol. The van der Waals surface area contributed by atoms with E-state index in [1.165, 1.54) is 5.57 Å². The Hall–Kier alpha value is -1.29. The molecular formula is C16H27NO3. The molecule has 4 heteroatoms. The predicted molar refractivity (Wildman–Crippen MR) is 80.6 cm³/mol. The quantitative estimate of drug-likeness (QED) is 0.813. The van der Waals surface area contributed by atoms with Crippen molar-refractivity contribution < 1.29 is 14.6 Å². The molecule has 1 amide bonds. The van der Waals surface area contributed by atoms with Crippen molar-refractivity contribution in [3.8, 4) is 0 Å². The maximum Gasteiger partial charge on any atom is 0.410 e. The van der Waals surface area contributed by atoms with Gasteiger partial charge in [-0.05, 0) is 46.5 Å². The summed E-state index contributed by atoms with van der Waals surface area (Å²) in [7, 11) is 0. The van der Waals surface area contributed by atoms with Crippen LogP contribution < -0.4 is 0 Å². The third kappa shape index (κ3) is 6.75. The molecule has 1 aliphatic carbocycles. The second kappa shape index (κ2) is 8.10. The maximum atomic E-state index is 12.1. The van der Waals surface area contributed by atoms with Crippen LogP contribution in [0.25, 0.3) is 0 Å². The Morgan fingerprint density at radius 1 is 1.40 bits per heavy atom. The fourth-order valence-corrected chi connectivity index (χ4v) is 2.02. The summed E-state index contributed by atoms with van der Waals surface area (Å²) in [5.41, 5.74) is 0.881. The van der Waals surface area contributed by atoms with Crippen LogP contribution in [0.5, 0.6) is 0 Å². The highest BCUT2D eigenvalue weighted by Crippen LogP contribution is 2.17. The molecule has 0 radical (unpaired) electrons. The van der Waals surface area contributed by atoms with Gasteiger partial charge in [-0.25, -0.2) is 4.79 Å². The predicted octanol–water partition coefficient (Wildman–Crippen LogP) is 3.27. The molecule has 0 heterocycles. The molecule has 0 aromatic carbocycles. The molecule has 20 heavy (non-hydrogen) atoms. The highest BCUT2D eigenvalue weighted by molar-refractivity contribution is 5.68. The van der Waals surface area contributed by atoms with Crippen molar-refractivity contribution >= 4 is 6.09 Å². The third-order valence-electron chi connectivity index (χ3n) is 3.04. The number of carbonyl (C=O) groups is 1. The van der Waals surface area contributed by atoms with Crippen molar-refractivity contribution in [3.05, 3.63) is 23.8 Å². The zero-order chi connectivity index (χ0) is 15.0. The number of rotatable bonds is 6. The van der Waals surface area contributed by atoms with Gasteiger partial charge in [0.05, 0.1) is 0 Å². The summed E-state index contributed by atoms with van der Waals surface area (Å²) in [4.78, 5) is 13.8. The fraction of sp³-hybridized carbons (Fsp3) is 0.688. The normalized spacial score (nSPS) is 14.9. The first-order valence-electron chi connectivity index (χ1n) is 7.36. The van der Waals surface area contributed by atoms with Crippen LogP contribution in [0, 0.1) is 0 Å². The Morgan fingerprint density at radius 3 is 2.70 bits per heavy atom. The van der Waals surface area contributed by atoms with Crippen LogP contribution in [0.4, 0.5) is 4.79 Å². The van der Waals surface area contributed by atoms with Gasteiger partial charge in [0, 0.05) is 19.7 Å². The summed E-state index contributed by atoms with van der Waals surface area (Å²) in [6, 6.07) is 0. The second-order valence-electron chi connectivity index (χ2n) is 6.09. The van der Waals surface area contributed by atoms with E-state index in [0.717, 1.165) is 19.3 Å². The Kier molecular flexibility index (Phi) is 6.79. The minimum absolute atomic E-state index is 0.0880. The minimum atomic E-state index is -0.485. The first-order valence-corrected chi connectivity index (χ1v) is 7.36. The van der Waals surface area contributed by atoms with Crippen molar-refractivity contribution in [2.45, 2.75) is 52.1 Å². The highest BCUT2D eigenvalue weighted by atomic mass is 16.6. The van der Waals surface area contributed by atoms with Crippen LogP contribution in [0.1, 0.15) is 46.5 Å². The van der Waals surface area contributed by atoms with Gasteiger partial charge in [-0.15, -0.1) is 0 Å². The van der Waals surface area contributed by atoms with Crippen molar-refractivity contribution in [3.63, 3.8) is 0 Å². The number of aliphatic hydroxyl groups excluding tert-OH is 1. The van der Waals surface area contributed by atoms with Gasteiger partial charge >= 0.3 is 6.09 Å². The topological polar surface area (TPSA) is 49.8 Å². The molecule has 0 aliphatic heterocycles. The number of hydrogen-bond donors (Lipinski definition) is 1. The molecule has 1 aliphatic rings. The average Bonchev–Trinajstić information content (AvgIpc) is 2.38. The van der Waals surface area contributed by atoms with Gasteiger partial charge in [0.25, 0.3) is 0 Å². The van der Waals surface area contributed by atoms with Crippen molar-refractivity contribution in [2.75, 3.05) is 19.7 Å². The second-order valence-corrected chi connectivity index (χ2v) is 6.09. The van der Waals surface area contributed by atoms with Gasteiger partial charge in [0.2, 0.25) is 0 Å². The van der Waals surface area contributed by atoms with Crippen molar-refractivity contribution in [1.29, 1.82) is 0 Å². The highest BCUT2D eigenvalue weighted by Gasteiger charge is 2.21. The van der Waals surface area contributed by atoms with Crippen LogP contribution in [-0.4, -0.2) is 41.4 Å². The summed E-state index contributed by atoms with van der Waals surface area (Å²) in [6.45, 7) is 6.87. The Morgan fingerprint density at radius 2 is 2.15 bits per heavy atom. The number of hydrogen-bond acceptors (Lipinski definition) is 3. The molecular weight excluding hydrogens is 254 g/mol. The monoisotopic (exact) mass is 281 g/mol. The standard InChI is InChI=1S/C16H27NO3/c1-16(2,3)20-15(19)17(11-7-13-18)12-10-14-8-5-4-6-9-14/h4-5,8,18H,6-7,9-13H2,1-3H3. The lowest BCUT2D eigenvalue weighted by Crippen LogP contribution is -2.38. The van der Waals surface area contributed by atoms with Crippen LogP contribution in [0.15, 0.2) is 23.8 Å². The van der Waals surface area contributed by atoms with Crippen molar-refractivity contribution in [1.82, 2.24) is 4.90 Å². The van der Waals surface area contributed by atoms with Gasteiger partial charge in [-0.3, -0.25) is 0 Å². The van der Waals surface area contributed by atoms with Crippen LogP contribution >= 0.6 is 0 Å². The van der Waals surface area contributed by atoms with E-state index < -0.39 is 5.60 Å². The SMILES string of the molecule is CC(C)(C)OC(=O)N(CCCO)CCC1=CC=CCC1. The van der Waals surface area contributed by atoms with E-state index in [9.17, 15) is 4.79 Å². The summed E-state index contributed by atoms with van der Waals surface area (Å²) < 4.78 is 5.41. The van der Waals surface area contributed by atoms with E-state index in [2.05, 4.69) is 18.2 Å². The fourth-order valence-electron chi connectivity index (χ4n) is 2.02. The lowest BCUT2D eigenvalue weighted by molar-refractivity contribution is 0.0242. The molecule has 0 bridgehead atoms. The lowest BCUT2D eigenvalue weighted by atomic mass is 10.0. The van der Waals surface area contributed by atoms with Gasteiger partial charge in [-0.1, -0.05) is 23.8 Å². The minimum Gasteiger partial charge on any atom is -0.444 e. The van der Waals surface area contributed by atoms with E-state index in [0.29, 0.717) is 19.5 Å². The summed E-state index contributed by atoms with van der Waals surface area (Å²) >= 11 is 0. The Labute approximate surface area is 122 Å². The summed E-state index contributed by atoms with van der Waals surface area (Å²) in [6.07, 6.45) is 9.66. The molecule has 0 aromatic heterocycles. The van der Waals surface area contributed by atoms with E-state index in [1.807, 2.05) is 20.8 Å². The third-order valence-corrected chi connectivity index (χ3v) is 3.04. The molecule has 0 unspecified atom stereocenters. The zero-order valence-electron chi connectivity index (χ0n) is 12.9. The number of ether oxygens (including phenoxy) is 1. The molecule has 0 fully saturated rings. The molecule has 0 saturated heterocycles. The van der Waals surface area contributed by atoms with Crippen LogP contribution in [0.2, 0.25) is 0 Å². The van der Waals surface area contributed by atoms with Crippen LogP contribution in [0.3, 0.4) is 0 Å². The molecule has 1 N–H and O–H groups in total. The summed E-state index contributed by atoms with van der Waals surface area (Å²) in [5, 5.41) is 8.95. The molecule has 0 spiro atoms. The van der Waals surface area contributed by atoms with Gasteiger partial charge in [-0.2, -0.15) is 0 Å². The van der Waals surface area contributed by atoms with Gasteiger partial charge in [0.15, 0.2) is 0 Å². The first-order chi connectivity index (χ1) is 9.42. The largest absolute Gasteiger partial charge is 0.444 e. The number of nitrogens with zero attached hydrogens (tertiary/aromatic N) is 1. The zero-order valence-corrected chi connectivity index (χ0v) is 12.9. The van der Waals surface area contributed by atoms with Crippen LogP contribution in [-0.2, 0) is 4.74 Å². The number of aliphatic hydroxyl groups is 1. The molecule has 0 aromatic rings. The summed E-state index contributed by atoms with van der Waals surface area (Å²) in [5.74, 6) is 0. The maximum absolute atomic E-state index is 12.1. The van der Waals surface area contributed by atoms with Gasteiger partial charge in [0.1, 0.15) is 5.60 Å².